The third kappa shape index (κ3) is 3.54. The van der Waals surface area contributed by atoms with Gasteiger partial charge in [0.2, 0.25) is 0 Å². The van der Waals surface area contributed by atoms with Crippen LogP contribution in [0, 0.1) is 18.8 Å². The first-order valence-electron chi connectivity index (χ1n) is 11.1. The lowest BCUT2D eigenvalue weighted by Crippen LogP contribution is -2.39. The molecule has 2 aliphatic rings. The fraction of sp³-hybridized carbons (Fsp3) is 0.280. The summed E-state index contributed by atoms with van der Waals surface area (Å²) in [6.07, 6.45) is 13.7. The van der Waals surface area contributed by atoms with Crippen LogP contribution in [-0.2, 0) is 6.54 Å². The van der Waals surface area contributed by atoms with E-state index in [1.54, 1.807) is 10.8 Å². The summed E-state index contributed by atoms with van der Waals surface area (Å²) in [6, 6.07) is 10.1. The van der Waals surface area contributed by atoms with Crippen molar-refractivity contribution >= 4 is 5.65 Å². The Hall–Kier alpha value is -3.58. The van der Waals surface area contributed by atoms with E-state index in [9.17, 15) is 0 Å². The molecule has 5 heterocycles. The molecule has 4 aromatic rings. The third-order valence-corrected chi connectivity index (χ3v) is 6.45. The molecule has 1 aliphatic carbocycles. The van der Waals surface area contributed by atoms with Crippen LogP contribution in [-0.4, -0.2) is 47.5 Å². The Kier molecular flexibility index (Phi) is 4.69. The Morgan fingerprint density at radius 2 is 2.00 bits per heavy atom. The second kappa shape index (κ2) is 7.84. The van der Waals surface area contributed by atoms with Gasteiger partial charge in [-0.2, -0.15) is 5.10 Å². The minimum atomic E-state index is 0.594. The maximum Gasteiger partial charge on any atom is 0.155 e. The largest absolute Gasteiger partial charge is 0.339 e. The summed E-state index contributed by atoms with van der Waals surface area (Å²) in [6.45, 7) is 4.95. The first-order chi connectivity index (χ1) is 15.7. The Bertz CT molecular complexity index is 1330. The van der Waals surface area contributed by atoms with Crippen LogP contribution in [0.4, 0.5) is 0 Å². The van der Waals surface area contributed by atoms with Crippen LogP contribution in [0.15, 0.2) is 67.2 Å². The van der Waals surface area contributed by atoms with Crippen molar-refractivity contribution in [2.45, 2.75) is 19.9 Å². The van der Waals surface area contributed by atoms with E-state index in [1.165, 1.54) is 6.42 Å². The van der Waals surface area contributed by atoms with Gasteiger partial charge in [0, 0.05) is 24.0 Å². The van der Waals surface area contributed by atoms with E-state index in [0.717, 1.165) is 59.4 Å². The minimum absolute atomic E-state index is 0.594. The molecule has 160 valence electrons. The van der Waals surface area contributed by atoms with E-state index in [2.05, 4.69) is 44.3 Å². The van der Waals surface area contributed by atoms with Crippen LogP contribution in [0.25, 0.3) is 28.3 Å². The molecule has 2 unspecified atom stereocenters. The molecule has 0 spiro atoms. The number of piperidine rings is 1. The Morgan fingerprint density at radius 1 is 1.09 bits per heavy atom. The van der Waals surface area contributed by atoms with Gasteiger partial charge in [-0.15, -0.1) is 0 Å². The molecule has 0 aromatic carbocycles. The summed E-state index contributed by atoms with van der Waals surface area (Å²) >= 11 is 0. The summed E-state index contributed by atoms with van der Waals surface area (Å²) < 4.78 is 1.76. The van der Waals surface area contributed by atoms with Crippen LogP contribution in [0.1, 0.15) is 17.9 Å². The Morgan fingerprint density at radius 3 is 2.91 bits per heavy atom. The Labute approximate surface area is 186 Å². The SMILES string of the molecule is Cc1cccc(-c2[nH]c(CN3CCC4C=CC=CC4C3)nc2-c2ccn3ncnc3c2)n1. The molecule has 32 heavy (non-hydrogen) atoms. The number of pyridine rings is 2. The number of aromatic amines is 1. The van der Waals surface area contributed by atoms with Crippen LogP contribution >= 0.6 is 0 Å². The normalized spacial score (nSPS) is 20.7. The first kappa shape index (κ1) is 19.1. The molecule has 4 aromatic heterocycles. The van der Waals surface area contributed by atoms with Gasteiger partial charge in [0.1, 0.15) is 12.2 Å². The van der Waals surface area contributed by atoms with Gasteiger partial charge in [-0.1, -0.05) is 30.4 Å². The van der Waals surface area contributed by atoms with E-state index >= 15 is 0 Å². The highest BCUT2D eigenvalue weighted by atomic mass is 15.3. The zero-order chi connectivity index (χ0) is 21.5. The molecule has 1 N–H and O–H groups in total. The third-order valence-electron chi connectivity index (χ3n) is 6.45. The number of fused-ring (bicyclic) bond motifs is 2. The van der Waals surface area contributed by atoms with Gasteiger partial charge in [0.05, 0.1) is 23.6 Å². The molecule has 7 nitrogen and oxygen atoms in total. The van der Waals surface area contributed by atoms with Crippen LogP contribution in [0.3, 0.4) is 0 Å². The molecule has 1 fully saturated rings. The smallest absolute Gasteiger partial charge is 0.155 e. The Balaban J connectivity index is 1.36. The average molecular weight is 424 g/mol. The number of nitrogens with one attached hydrogen (secondary N) is 1. The number of hydrogen-bond acceptors (Lipinski definition) is 5. The summed E-state index contributed by atoms with van der Waals surface area (Å²) in [5.74, 6) is 2.23. The summed E-state index contributed by atoms with van der Waals surface area (Å²) in [4.78, 5) is 20.2. The standard InChI is InChI=1S/C25H25N7/c1-17-5-4-8-21(28-17)25-24(19-10-12-32-23(13-19)26-16-27-32)29-22(30-25)15-31-11-9-18-6-2-3-7-20(18)14-31/h2-8,10,12-13,16,18,20H,9,11,14-15H2,1H3,(H,29,30). The van der Waals surface area contributed by atoms with Gasteiger partial charge in [-0.25, -0.2) is 14.5 Å². The second-order valence-electron chi connectivity index (χ2n) is 8.67. The molecule has 6 rings (SSSR count). The van der Waals surface area contributed by atoms with E-state index in [0.29, 0.717) is 11.8 Å². The highest BCUT2D eigenvalue weighted by Gasteiger charge is 2.27. The number of hydrogen-bond donors (Lipinski definition) is 1. The van der Waals surface area contributed by atoms with Crippen LogP contribution in [0.5, 0.6) is 0 Å². The predicted molar refractivity (Wildman–Crippen MR) is 124 cm³/mol. The zero-order valence-corrected chi connectivity index (χ0v) is 18.0. The number of likely N-dealkylation sites (tertiary alicyclic amines) is 1. The van der Waals surface area contributed by atoms with Crippen LogP contribution < -0.4 is 0 Å². The first-order valence-corrected chi connectivity index (χ1v) is 11.1. The summed E-state index contributed by atoms with van der Waals surface area (Å²) in [5.41, 5.74) is 5.54. The van der Waals surface area contributed by atoms with Crippen molar-refractivity contribution in [1.82, 2.24) is 34.4 Å². The topological polar surface area (TPSA) is 75.0 Å². The monoisotopic (exact) mass is 423 g/mol. The predicted octanol–water partition coefficient (Wildman–Crippen LogP) is 4.05. The number of nitrogens with zero attached hydrogens (tertiary/aromatic N) is 6. The molecular formula is C25H25N7. The van der Waals surface area contributed by atoms with E-state index < -0.39 is 0 Å². The molecule has 1 saturated heterocycles. The lowest BCUT2D eigenvalue weighted by Gasteiger charge is -2.36. The fourth-order valence-corrected chi connectivity index (χ4v) is 4.82. The van der Waals surface area contributed by atoms with Crippen molar-refractivity contribution in [1.29, 1.82) is 0 Å². The summed E-state index contributed by atoms with van der Waals surface area (Å²) in [7, 11) is 0. The molecule has 0 amide bonds. The zero-order valence-electron chi connectivity index (χ0n) is 18.0. The van der Waals surface area contributed by atoms with Gasteiger partial charge in [0.25, 0.3) is 0 Å². The van der Waals surface area contributed by atoms with Crippen molar-refractivity contribution in [2.75, 3.05) is 13.1 Å². The highest BCUT2D eigenvalue weighted by Crippen LogP contribution is 2.32. The lowest BCUT2D eigenvalue weighted by atomic mass is 9.83. The van der Waals surface area contributed by atoms with E-state index in [1.807, 2.05) is 43.5 Å². The fourth-order valence-electron chi connectivity index (χ4n) is 4.82. The van der Waals surface area contributed by atoms with Gasteiger partial charge in [-0.05, 0) is 56.0 Å². The van der Waals surface area contributed by atoms with E-state index in [-0.39, 0.29) is 0 Å². The van der Waals surface area contributed by atoms with Crippen LogP contribution in [0.2, 0.25) is 0 Å². The van der Waals surface area contributed by atoms with Gasteiger partial charge in [0.15, 0.2) is 5.65 Å². The lowest BCUT2D eigenvalue weighted by molar-refractivity contribution is 0.155. The number of rotatable bonds is 4. The van der Waals surface area contributed by atoms with Crippen molar-refractivity contribution in [3.05, 3.63) is 78.7 Å². The van der Waals surface area contributed by atoms with E-state index in [4.69, 9.17) is 9.97 Å². The molecule has 0 saturated carbocycles. The number of aryl methyl sites for hydroxylation is 1. The summed E-state index contributed by atoms with van der Waals surface area (Å²) in [5, 5.41) is 4.21. The molecule has 0 radical (unpaired) electrons. The van der Waals surface area contributed by atoms with Gasteiger partial charge < -0.3 is 4.98 Å². The van der Waals surface area contributed by atoms with Crippen molar-refractivity contribution in [3.63, 3.8) is 0 Å². The highest BCUT2D eigenvalue weighted by molar-refractivity contribution is 5.78. The second-order valence-corrected chi connectivity index (χ2v) is 8.67. The molecule has 0 bridgehead atoms. The average Bonchev–Trinajstić information content (AvgIpc) is 3.45. The molecule has 2 atom stereocenters. The number of imidazole rings is 1. The minimum Gasteiger partial charge on any atom is -0.339 e. The van der Waals surface area contributed by atoms with Crippen molar-refractivity contribution < 1.29 is 0 Å². The number of H-pyrrole nitrogens is 1. The number of aromatic nitrogens is 6. The maximum atomic E-state index is 5.05. The molecular weight excluding hydrogens is 398 g/mol. The van der Waals surface area contributed by atoms with Crippen molar-refractivity contribution in [3.8, 4) is 22.6 Å². The maximum absolute atomic E-state index is 5.05. The molecule has 7 heteroatoms. The number of allylic oxidation sites excluding steroid dienone is 3. The van der Waals surface area contributed by atoms with Gasteiger partial charge >= 0.3 is 0 Å². The van der Waals surface area contributed by atoms with Crippen molar-refractivity contribution in [2.24, 2.45) is 11.8 Å². The quantitative estimate of drug-likeness (QED) is 0.536. The van der Waals surface area contributed by atoms with Gasteiger partial charge in [-0.3, -0.25) is 9.88 Å². The molecule has 1 aliphatic heterocycles.